The van der Waals surface area contributed by atoms with Gasteiger partial charge in [0.25, 0.3) is 0 Å². The maximum absolute atomic E-state index is 10.2. The fourth-order valence-electron chi connectivity index (χ4n) is 2.55. The molecule has 6 heteroatoms. The summed E-state index contributed by atoms with van der Waals surface area (Å²) in [4.78, 5) is 4.50. The third kappa shape index (κ3) is 3.44. The Morgan fingerprint density at radius 3 is 3.10 bits per heavy atom. The smallest absolute Gasteiger partial charge is 0.214 e. The molecule has 2 rings (SSSR count). The van der Waals surface area contributed by atoms with E-state index < -0.39 is 0 Å². The van der Waals surface area contributed by atoms with Gasteiger partial charge in [0.1, 0.15) is 0 Å². The van der Waals surface area contributed by atoms with Crippen LogP contribution in [0.3, 0.4) is 0 Å². The van der Waals surface area contributed by atoms with Gasteiger partial charge < -0.3 is 19.7 Å². The topological polar surface area (TPSA) is 83.2 Å². The van der Waals surface area contributed by atoms with Gasteiger partial charge in [-0.2, -0.15) is 0 Å². The number of aromatic nitrogens is 2. The minimum absolute atomic E-state index is 0.0460. The van der Waals surface area contributed by atoms with Crippen molar-refractivity contribution in [2.45, 2.75) is 39.2 Å². The number of hydrogen-bond donors (Lipinski definition) is 3. The number of aliphatic hydroxyl groups is 1. The van der Waals surface area contributed by atoms with Crippen molar-refractivity contribution in [3.63, 3.8) is 0 Å². The normalized spacial score (nSPS) is 15.1. The van der Waals surface area contributed by atoms with Gasteiger partial charge in [-0.25, -0.2) is 4.98 Å². The SMILES string of the molecule is CCCn1c2c(n/c(=C(/O)NCCOC)c1=N)CCCC=2. The minimum Gasteiger partial charge on any atom is -0.493 e. The van der Waals surface area contributed by atoms with Crippen LogP contribution in [0.15, 0.2) is 0 Å². The van der Waals surface area contributed by atoms with Crippen LogP contribution in [0.5, 0.6) is 0 Å². The molecular weight excluding hydrogens is 268 g/mol. The molecule has 6 nitrogen and oxygen atoms in total. The average Bonchev–Trinajstić information content (AvgIpc) is 2.50. The lowest BCUT2D eigenvalue weighted by Crippen LogP contribution is -2.50. The van der Waals surface area contributed by atoms with E-state index in [0.29, 0.717) is 18.5 Å². The second-order valence-corrected chi connectivity index (χ2v) is 5.16. The zero-order valence-electron chi connectivity index (χ0n) is 12.8. The highest BCUT2D eigenvalue weighted by Gasteiger charge is 2.11. The summed E-state index contributed by atoms with van der Waals surface area (Å²) in [7, 11) is 1.61. The van der Waals surface area contributed by atoms with E-state index >= 15 is 0 Å². The maximum atomic E-state index is 10.2. The Bertz CT molecular complexity index is 663. The molecule has 21 heavy (non-hydrogen) atoms. The summed E-state index contributed by atoms with van der Waals surface area (Å²) in [6.07, 6.45) is 6.09. The summed E-state index contributed by atoms with van der Waals surface area (Å²) in [5, 5.41) is 22.7. The van der Waals surface area contributed by atoms with Crippen molar-refractivity contribution in [2.24, 2.45) is 0 Å². The molecule has 0 spiro atoms. The van der Waals surface area contributed by atoms with Crippen LogP contribution in [0.1, 0.15) is 31.9 Å². The monoisotopic (exact) mass is 292 g/mol. The van der Waals surface area contributed by atoms with Crippen LogP contribution in [0, 0.1) is 5.41 Å². The third-order valence-corrected chi connectivity index (χ3v) is 3.55. The molecule has 1 aliphatic rings. The number of nitrogens with zero attached hydrogens (tertiary/aromatic N) is 2. The van der Waals surface area contributed by atoms with Crippen LogP contribution in [0.4, 0.5) is 0 Å². The highest BCUT2D eigenvalue weighted by Crippen LogP contribution is 2.02. The van der Waals surface area contributed by atoms with Crippen LogP contribution in [0.2, 0.25) is 0 Å². The molecule has 1 aromatic heterocycles. The molecule has 0 bridgehead atoms. The number of ether oxygens (including phenoxy) is 1. The fourth-order valence-corrected chi connectivity index (χ4v) is 2.55. The van der Waals surface area contributed by atoms with Crippen molar-refractivity contribution in [3.05, 3.63) is 21.9 Å². The van der Waals surface area contributed by atoms with Gasteiger partial charge in [0.2, 0.25) is 5.88 Å². The van der Waals surface area contributed by atoms with E-state index in [-0.39, 0.29) is 11.4 Å². The van der Waals surface area contributed by atoms with Gasteiger partial charge in [0.15, 0.2) is 10.8 Å². The summed E-state index contributed by atoms with van der Waals surface area (Å²) in [5.74, 6) is -0.0460. The van der Waals surface area contributed by atoms with Crippen molar-refractivity contribution in [1.29, 1.82) is 5.41 Å². The highest BCUT2D eigenvalue weighted by molar-refractivity contribution is 5.31. The van der Waals surface area contributed by atoms with E-state index in [1.165, 1.54) is 0 Å². The number of aliphatic hydroxyl groups excluding tert-OH is 1. The van der Waals surface area contributed by atoms with E-state index in [4.69, 9.17) is 10.1 Å². The Morgan fingerprint density at radius 1 is 1.57 bits per heavy atom. The van der Waals surface area contributed by atoms with Crippen molar-refractivity contribution in [3.8, 4) is 0 Å². The summed E-state index contributed by atoms with van der Waals surface area (Å²) in [6, 6.07) is 0. The standard InChI is InChI=1S/C15H24N4O2/c1-3-9-19-12-7-5-4-6-11(12)18-13(14(19)16)15(20)17-8-10-21-2/h7,16-17,20H,3-6,8-10H2,1-2H3/b15-13+,16-14?. The molecule has 3 N–H and O–H groups in total. The van der Waals surface area contributed by atoms with Gasteiger partial charge >= 0.3 is 0 Å². The number of aryl methyl sites for hydroxylation is 1. The van der Waals surface area contributed by atoms with E-state index in [0.717, 1.165) is 43.3 Å². The number of fused-ring (bicyclic) bond motifs is 1. The highest BCUT2D eigenvalue weighted by atomic mass is 16.5. The number of nitrogens with one attached hydrogen (secondary N) is 2. The van der Waals surface area contributed by atoms with Gasteiger partial charge in [-0.3, -0.25) is 5.41 Å². The molecule has 0 aliphatic heterocycles. The van der Waals surface area contributed by atoms with Gasteiger partial charge in [-0.1, -0.05) is 13.0 Å². The number of hydrogen-bond acceptors (Lipinski definition) is 5. The largest absolute Gasteiger partial charge is 0.493 e. The molecule has 0 saturated carbocycles. The molecule has 1 aliphatic carbocycles. The first-order chi connectivity index (χ1) is 10.2. The zero-order chi connectivity index (χ0) is 15.2. The summed E-state index contributed by atoms with van der Waals surface area (Å²) in [5.41, 5.74) is 1.23. The Hall–Kier alpha value is -1.82. The average molecular weight is 292 g/mol. The Labute approximate surface area is 124 Å². The first-order valence-electron chi connectivity index (χ1n) is 7.49. The zero-order valence-corrected chi connectivity index (χ0v) is 12.8. The van der Waals surface area contributed by atoms with Crippen molar-refractivity contribution in [2.75, 3.05) is 20.3 Å². The summed E-state index contributed by atoms with van der Waals surface area (Å²) in [6.45, 7) is 3.83. The molecule has 0 fully saturated rings. The molecule has 1 aromatic rings. The maximum Gasteiger partial charge on any atom is 0.214 e. The van der Waals surface area contributed by atoms with E-state index in [1.807, 2.05) is 4.57 Å². The van der Waals surface area contributed by atoms with Crippen LogP contribution >= 0.6 is 0 Å². The Morgan fingerprint density at radius 2 is 2.38 bits per heavy atom. The molecule has 0 atom stereocenters. The van der Waals surface area contributed by atoms with E-state index in [9.17, 15) is 5.11 Å². The number of rotatable bonds is 6. The predicted molar refractivity (Wildman–Crippen MR) is 80.9 cm³/mol. The third-order valence-electron chi connectivity index (χ3n) is 3.55. The molecular formula is C15H24N4O2. The Balaban J connectivity index is 2.55. The van der Waals surface area contributed by atoms with Crippen molar-refractivity contribution in [1.82, 2.24) is 14.9 Å². The van der Waals surface area contributed by atoms with Crippen LogP contribution in [-0.4, -0.2) is 34.9 Å². The van der Waals surface area contributed by atoms with Crippen LogP contribution < -0.4 is 21.5 Å². The summed E-state index contributed by atoms with van der Waals surface area (Å²) >= 11 is 0. The Kier molecular flexibility index (Phi) is 5.38. The van der Waals surface area contributed by atoms with Crippen molar-refractivity contribution < 1.29 is 9.84 Å². The lowest BCUT2D eigenvalue weighted by Gasteiger charge is -2.15. The lowest BCUT2D eigenvalue weighted by molar-refractivity contribution is 0.200. The quantitative estimate of drug-likeness (QED) is 0.631. The fraction of sp³-hybridized carbons (Fsp3) is 0.600. The predicted octanol–water partition coefficient (Wildman–Crippen LogP) is -0.251. The van der Waals surface area contributed by atoms with Gasteiger partial charge in [-0.15, -0.1) is 0 Å². The molecule has 0 saturated heterocycles. The van der Waals surface area contributed by atoms with E-state index in [2.05, 4.69) is 23.3 Å². The molecule has 0 aromatic carbocycles. The van der Waals surface area contributed by atoms with Gasteiger partial charge in [0.05, 0.1) is 17.6 Å². The molecule has 0 radical (unpaired) electrons. The second-order valence-electron chi connectivity index (χ2n) is 5.16. The summed E-state index contributed by atoms with van der Waals surface area (Å²) < 4.78 is 6.90. The minimum atomic E-state index is -0.0460. The van der Waals surface area contributed by atoms with Gasteiger partial charge in [0, 0.05) is 20.2 Å². The number of methoxy groups -OCH3 is 1. The first-order valence-corrected chi connectivity index (χ1v) is 7.49. The molecule has 1 heterocycles. The van der Waals surface area contributed by atoms with Crippen LogP contribution in [0.25, 0.3) is 12.0 Å². The molecule has 0 unspecified atom stereocenters. The second kappa shape index (κ2) is 7.26. The van der Waals surface area contributed by atoms with Crippen molar-refractivity contribution >= 4 is 12.0 Å². The first kappa shape index (κ1) is 15.6. The lowest BCUT2D eigenvalue weighted by atomic mass is 10.1. The van der Waals surface area contributed by atoms with E-state index in [1.54, 1.807) is 7.11 Å². The molecule has 0 amide bonds. The van der Waals surface area contributed by atoms with Crippen LogP contribution in [-0.2, 0) is 17.7 Å². The molecule has 116 valence electrons. The van der Waals surface area contributed by atoms with Gasteiger partial charge in [-0.05, 0) is 25.7 Å².